The molecule has 1 aromatic rings. The SMILES string of the molecule is C#Cc1cc(C)c(C)c(C)c1[SiH3]. The van der Waals surface area contributed by atoms with Crippen molar-refractivity contribution in [3.05, 3.63) is 28.3 Å². The molecule has 0 N–H and O–H groups in total. The molecule has 0 nitrogen and oxygen atoms in total. The van der Waals surface area contributed by atoms with Crippen LogP contribution in [0.25, 0.3) is 0 Å². The van der Waals surface area contributed by atoms with Gasteiger partial charge in [-0.2, -0.15) is 0 Å². The molecular weight excluding hydrogens is 160 g/mol. The summed E-state index contributed by atoms with van der Waals surface area (Å²) in [6, 6.07) is 2.12. The van der Waals surface area contributed by atoms with Crippen LogP contribution in [0.5, 0.6) is 0 Å². The molecule has 0 heterocycles. The van der Waals surface area contributed by atoms with Crippen molar-refractivity contribution in [3.63, 3.8) is 0 Å². The number of hydrogen-bond acceptors (Lipinski definition) is 0. The predicted molar refractivity (Wildman–Crippen MR) is 58.2 cm³/mol. The van der Waals surface area contributed by atoms with Crippen molar-refractivity contribution in [3.8, 4) is 12.3 Å². The maximum Gasteiger partial charge on any atom is 0.0405 e. The molecule has 0 unspecified atom stereocenters. The molecule has 0 amide bonds. The topological polar surface area (TPSA) is 0 Å². The first kappa shape index (κ1) is 9.09. The van der Waals surface area contributed by atoms with Gasteiger partial charge in [-0.25, -0.2) is 0 Å². The van der Waals surface area contributed by atoms with E-state index in [1.807, 2.05) is 0 Å². The monoisotopic (exact) mass is 174 g/mol. The maximum absolute atomic E-state index is 5.41. The van der Waals surface area contributed by atoms with Crippen LogP contribution in [-0.4, -0.2) is 10.2 Å². The van der Waals surface area contributed by atoms with Crippen molar-refractivity contribution in [1.29, 1.82) is 0 Å². The zero-order valence-corrected chi connectivity index (χ0v) is 10.2. The molecule has 0 atom stereocenters. The quantitative estimate of drug-likeness (QED) is 0.399. The molecule has 0 aliphatic carbocycles. The van der Waals surface area contributed by atoms with Gasteiger partial charge in [0.2, 0.25) is 0 Å². The van der Waals surface area contributed by atoms with E-state index in [1.165, 1.54) is 21.9 Å². The molecule has 0 fully saturated rings. The second-order valence-electron chi connectivity index (χ2n) is 3.26. The van der Waals surface area contributed by atoms with Crippen LogP contribution in [0.3, 0.4) is 0 Å². The van der Waals surface area contributed by atoms with E-state index in [9.17, 15) is 0 Å². The van der Waals surface area contributed by atoms with Gasteiger partial charge in [-0.3, -0.25) is 0 Å². The summed E-state index contributed by atoms with van der Waals surface area (Å²) in [5.41, 5.74) is 5.16. The van der Waals surface area contributed by atoms with Crippen molar-refractivity contribution < 1.29 is 0 Å². The highest BCUT2D eigenvalue weighted by Gasteiger charge is 2.03. The number of hydrogen-bond donors (Lipinski definition) is 0. The van der Waals surface area contributed by atoms with Crippen molar-refractivity contribution in [2.75, 3.05) is 0 Å². The normalized spacial score (nSPS) is 9.83. The third-order valence-electron chi connectivity index (χ3n) is 2.64. The van der Waals surface area contributed by atoms with Gasteiger partial charge < -0.3 is 0 Å². The van der Waals surface area contributed by atoms with Crippen molar-refractivity contribution >= 4 is 15.4 Å². The average molecular weight is 174 g/mol. The second-order valence-corrected chi connectivity index (χ2v) is 4.26. The minimum Gasteiger partial charge on any atom is -0.115 e. The summed E-state index contributed by atoms with van der Waals surface area (Å²) in [6.07, 6.45) is 5.41. The van der Waals surface area contributed by atoms with E-state index in [-0.39, 0.29) is 0 Å². The molecule has 1 aromatic carbocycles. The van der Waals surface area contributed by atoms with E-state index in [2.05, 4.69) is 32.8 Å². The number of benzene rings is 1. The Bertz CT molecular complexity index is 356. The summed E-state index contributed by atoms with van der Waals surface area (Å²) < 4.78 is 0. The molecule has 1 heteroatoms. The second kappa shape index (κ2) is 3.16. The van der Waals surface area contributed by atoms with Crippen LogP contribution < -0.4 is 5.19 Å². The van der Waals surface area contributed by atoms with E-state index in [0.29, 0.717) is 0 Å². The minimum absolute atomic E-state index is 1.04. The Hall–Kier alpha value is -1.00. The first-order chi connectivity index (χ1) is 5.57. The van der Waals surface area contributed by atoms with Crippen LogP contribution in [-0.2, 0) is 0 Å². The highest BCUT2D eigenvalue weighted by molar-refractivity contribution is 6.35. The van der Waals surface area contributed by atoms with Gasteiger partial charge in [0.15, 0.2) is 0 Å². The van der Waals surface area contributed by atoms with Crippen molar-refractivity contribution in [2.45, 2.75) is 20.8 Å². The zero-order chi connectivity index (χ0) is 9.30. The minimum atomic E-state index is 1.04. The molecule has 0 saturated heterocycles. The van der Waals surface area contributed by atoms with Gasteiger partial charge >= 0.3 is 0 Å². The Morgan fingerprint density at radius 1 is 1.25 bits per heavy atom. The molecule has 12 heavy (non-hydrogen) atoms. The lowest BCUT2D eigenvalue weighted by Crippen LogP contribution is -2.14. The fourth-order valence-electron chi connectivity index (χ4n) is 1.36. The fraction of sp³-hybridized carbons (Fsp3) is 0.273. The van der Waals surface area contributed by atoms with E-state index in [4.69, 9.17) is 6.42 Å². The smallest absolute Gasteiger partial charge is 0.0405 e. The van der Waals surface area contributed by atoms with Gasteiger partial charge in [0.05, 0.1) is 0 Å². The Labute approximate surface area is 77.4 Å². The number of rotatable bonds is 0. The lowest BCUT2D eigenvalue weighted by molar-refractivity contribution is 1.28. The number of aryl methyl sites for hydroxylation is 1. The summed E-state index contributed by atoms with van der Waals surface area (Å²) in [5, 5.41) is 1.38. The lowest BCUT2D eigenvalue weighted by Gasteiger charge is -2.10. The molecule has 62 valence electrons. The Morgan fingerprint density at radius 3 is 2.33 bits per heavy atom. The van der Waals surface area contributed by atoms with Crippen LogP contribution in [0.15, 0.2) is 6.07 Å². The molecule has 1 rings (SSSR count). The molecule has 0 bridgehead atoms. The summed E-state index contributed by atoms with van der Waals surface area (Å²) in [5.74, 6) is 2.74. The molecular formula is C11H14Si. The summed E-state index contributed by atoms with van der Waals surface area (Å²) in [7, 11) is 1.04. The Balaban J connectivity index is 3.52. The highest BCUT2D eigenvalue weighted by atomic mass is 28.1. The van der Waals surface area contributed by atoms with Crippen LogP contribution in [0, 0.1) is 33.1 Å². The number of terminal acetylenes is 1. The summed E-state index contributed by atoms with van der Waals surface area (Å²) in [4.78, 5) is 0. The van der Waals surface area contributed by atoms with Crippen molar-refractivity contribution in [1.82, 2.24) is 0 Å². The third kappa shape index (κ3) is 1.31. The zero-order valence-electron chi connectivity index (χ0n) is 8.15. The van der Waals surface area contributed by atoms with Gasteiger partial charge in [-0.15, -0.1) is 6.42 Å². The Morgan fingerprint density at radius 2 is 1.83 bits per heavy atom. The van der Waals surface area contributed by atoms with Crippen LogP contribution in [0.1, 0.15) is 22.3 Å². The molecule has 0 spiro atoms. The summed E-state index contributed by atoms with van der Waals surface area (Å²) in [6.45, 7) is 6.43. The first-order valence-electron chi connectivity index (χ1n) is 4.12. The van der Waals surface area contributed by atoms with Gasteiger partial charge in [0, 0.05) is 15.8 Å². The molecule has 0 aliphatic heterocycles. The van der Waals surface area contributed by atoms with Gasteiger partial charge in [-0.1, -0.05) is 11.1 Å². The van der Waals surface area contributed by atoms with Gasteiger partial charge in [0.1, 0.15) is 0 Å². The molecule has 0 aliphatic rings. The summed E-state index contributed by atoms with van der Waals surface area (Å²) >= 11 is 0. The van der Waals surface area contributed by atoms with Gasteiger partial charge in [0.25, 0.3) is 0 Å². The van der Waals surface area contributed by atoms with E-state index in [1.54, 1.807) is 0 Å². The fourth-order valence-corrected chi connectivity index (χ4v) is 2.03. The first-order valence-corrected chi connectivity index (χ1v) is 5.12. The van der Waals surface area contributed by atoms with Crippen molar-refractivity contribution in [2.24, 2.45) is 0 Å². The van der Waals surface area contributed by atoms with E-state index in [0.717, 1.165) is 15.8 Å². The molecule has 0 radical (unpaired) electrons. The highest BCUT2D eigenvalue weighted by Crippen LogP contribution is 2.11. The van der Waals surface area contributed by atoms with E-state index < -0.39 is 0 Å². The van der Waals surface area contributed by atoms with E-state index >= 15 is 0 Å². The molecule has 0 aromatic heterocycles. The van der Waals surface area contributed by atoms with Crippen LogP contribution in [0.2, 0.25) is 0 Å². The average Bonchev–Trinajstić information content (AvgIpc) is 2.08. The van der Waals surface area contributed by atoms with Gasteiger partial charge in [-0.05, 0) is 43.5 Å². The Kier molecular flexibility index (Phi) is 2.39. The largest absolute Gasteiger partial charge is 0.115 e. The molecule has 0 saturated carbocycles. The predicted octanol–water partition coefficient (Wildman–Crippen LogP) is 0.584. The van der Waals surface area contributed by atoms with Crippen LogP contribution in [0.4, 0.5) is 0 Å². The standard InChI is InChI=1S/C11H14Si/c1-5-10-6-7(2)8(3)9(4)11(10)12/h1,6H,2-4,12H3. The maximum atomic E-state index is 5.41. The third-order valence-corrected chi connectivity index (χ3v) is 3.93. The van der Waals surface area contributed by atoms with Crippen LogP contribution >= 0.6 is 0 Å². The lowest BCUT2D eigenvalue weighted by atomic mass is 10.0.